The number of benzene rings is 1. The zero-order chi connectivity index (χ0) is 17.7. The lowest BCUT2D eigenvalue weighted by molar-refractivity contribution is -0.697. The van der Waals surface area contributed by atoms with Crippen molar-refractivity contribution in [2.75, 3.05) is 6.61 Å². The van der Waals surface area contributed by atoms with Crippen molar-refractivity contribution in [2.45, 2.75) is 57.9 Å². The van der Waals surface area contributed by atoms with Gasteiger partial charge < -0.3 is 4.74 Å². The van der Waals surface area contributed by atoms with Crippen LogP contribution in [0.25, 0.3) is 0 Å². The molecular formula is C22H30NO2+. The maximum absolute atomic E-state index is 12.0. The van der Waals surface area contributed by atoms with Gasteiger partial charge in [0.05, 0.1) is 12.5 Å². The van der Waals surface area contributed by atoms with Gasteiger partial charge in [0.25, 0.3) is 0 Å². The molecule has 1 atom stereocenters. The van der Waals surface area contributed by atoms with E-state index >= 15 is 0 Å². The molecule has 0 aliphatic rings. The number of hydrogen-bond donors (Lipinski definition) is 0. The van der Waals surface area contributed by atoms with E-state index in [1.165, 1.54) is 25.7 Å². The second-order valence-corrected chi connectivity index (χ2v) is 6.53. The summed E-state index contributed by atoms with van der Waals surface area (Å²) in [6.45, 7) is 3.54. The molecule has 0 radical (unpaired) electrons. The third kappa shape index (κ3) is 7.51. The lowest BCUT2D eigenvalue weighted by Gasteiger charge is -2.11. The number of rotatable bonds is 11. The molecule has 2 rings (SSSR count). The smallest absolute Gasteiger partial charge is 0.313 e. The van der Waals surface area contributed by atoms with Crippen molar-refractivity contribution in [3.05, 3.63) is 66.5 Å². The summed E-state index contributed by atoms with van der Waals surface area (Å²) in [6.07, 6.45) is 11.3. The molecule has 0 spiro atoms. The Morgan fingerprint density at radius 1 is 0.880 bits per heavy atom. The van der Waals surface area contributed by atoms with Gasteiger partial charge in [0.15, 0.2) is 12.4 Å². The van der Waals surface area contributed by atoms with E-state index in [0.29, 0.717) is 6.61 Å². The second kappa shape index (κ2) is 11.4. The Bertz CT molecular complexity index is 598. The van der Waals surface area contributed by atoms with Crippen molar-refractivity contribution in [3.63, 3.8) is 0 Å². The summed E-state index contributed by atoms with van der Waals surface area (Å²) in [6, 6.07) is 16.0. The molecular weight excluding hydrogens is 310 g/mol. The van der Waals surface area contributed by atoms with Crippen molar-refractivity contribution in [2.24, 2.45) is 0 Å². The summed E-state index contributed by atoms with van der Waals surface area (Å²) in [5.41, 5.74) is 1.02. The fourth-order valence-electron chi connectivity index (χ4n) is 2.86. The maximum Gasteiger partial charge on any atom is 0.313 e. The van der Waals surface area contributed by atoms with Gasteiger partial charge in [-0.05, 0) is 25.3 Å². The average Bonchev–Trinajstić information content (AvgIpc) is 2.67. The number of aryl methyl sites for hydroxylation is 1. The van der Waals surface area contributed by atoms with Gasteiger partial charge in [0.2, 0.25) is 0 Å². The van der Waals surface area contributed by atoms with E-state index in [1.807, 2.05) is 43.3 Å². The number of esters is 1. The van der Waals surface area contributed by atoms with Crippen LogP contribution in [0.5, 0.6) is 0 Å². The summed E-state index contributed by atoms with van der Waals surface area (Å²) in [5.74, 6) is -0.303. The minimum absolute atomic E-state index is 0.119. The van der Waals surface area contributed by atoms with Gasteiger partial charge in [0, 0.05) is 18.6 Å². The molecule has 0 N–H and O–H groups in total. The minimum atomic E-state index is -0.184. The first-order valence-corrected chi connectivity index (χ1v) is 9.43. The molecule has 0 saturated heterocycles. The lowest BCUT2D eigenvalue weighted by Crippen LogP contribution is -2.32. The second-order valence-electron chi connectivity index (χ2n) is 6.53. The molecule has 25 heavy (non-hydrogen) atoms. The van der Waals surface area contributed by atoms with Gasteiger partial charge in [-0.1, -0.05) is 55.7 Å². The normalized spacial score (nSPS) is 11.9. The first-order valence-electron chi connectivity index (χ1n) is 9.43. The summed E-state index contributed by atoms with van der Waals surface area (Å²) in [5, 5.41) is 0. The molecule has 0 aliphatic carbocycles. The number of hydrogen-bond acceptors (Lipinski definition) is 2. The fraction of sp³-hybridized carbons (Fsp3) is 0.455. The zero-order valence-corrected chi connectivity index (χ0v) is 15.3. The van der Waals surface area contributed by atoms with E-state index < -0.39 is 0 Å². The summed E-state index contributed by atoms with van der Waals surface area (Å²) < 4.78 is 7.63. The highest BCUT2D eigenvalue weighted by atomic mass is 16.5. The van der Waals surface area contributed by atoms with E-state index in [9.17, 15) is 4.79 Å². The molecule has 3 heteroatoms. The largest absolute Gasteiger partial charge is 0.465 e. The Morgan fingerprint density at radius 2 is 1.48 bits per heavy atom. The van der Waals surface area contributed by atoms with Crippen LogP contribution in [0, 0.1) is 0 Å². The van der Waals surface area contributed by atoms with Gasteiger partial charge in [-0.15, -0.1) is 0 Å². The first kappa shape index (κ1) is 19.2. The fourth-order valence-corrected chi connectivity index (χ4v) is 2.86. The Hall–Kier alpha value is -2.16. The number of nitrogens with zero attached hydrogens (tertiary/aromatic N) is 1. The predicted octanol–water partition coefficient (Wildman–Crippen LogP) is 4.66. The molecule has 0 amide bonds. The highest BCUT2D eigenvalue weighted by Gasteiger charge is 2.15. The molecule has 1 aromatic carbocycles. The minimum Gasteiger partial charge on any atom is -0.465 e. The number of carbonyl (C=O) groups is 1. The molecule has 1 unspecified atom stereocenters. The molecule has 0 fully saturated rings. The topological polar surface area (TPSA) is 30.2 Å². The van der Waals surface area contributed by atoms with Crippen molar-refractivity contribution in [3.8, 4) is 0 Å². The molecule has 1 aromatic heterocycles. The van der Waals surface area contributed by atoms with Crippen molar-refractivity contribution < 1.29 is 14.1 Å². The standard InChI is InChI=1S/C22H30NO2/c1-20(21-14-8-6-9-15-21)22(24)25-19-13-5-3-2-4-10-16-23-17-11-7-12-18-23/h6-9,11-12,14-15,17-18,20H,2-5,10,13,16,19H2,1H3/q+1. The monoisotopic (exact) mass is 340 g/mol. The molecule has 2 aromatic rings. The Labute approximate surface area is 151 Å². The van der Waals surface area contributed by atoms with Crippen LogP contribution in [0.4, 0.5) is 0 Å². The molecule has 0 bridgehead atoms. The predicted molar refractivity (Wildman–Crippen MR) is 100 cm³/mol. The third-order valence-corrected chi connectivity index (χ3v) is 4.49. The van der Waals surface area contributed by atoms with Crippen LogP contribution < -0.4 is 4.57 Å². The van der Waals surface area contributed by atoms with Gasteiger partial charge in [-0.25, -0.2) is 4.57 Å². The van der Waals surface area contributed by atoms with Gasteiger partial charge in [-0.3, -0.25) is 4.79 Å². The van der Waals surface area contributed by atoms with Gasteiger partial charge >= 0.3 is 5.97 Å². The van der Waals surface area contributed by atoms with E-state index in [0.717, 1.165) is 24.9 Å². The highest BCUT2D eigenvalue weighted by Crippen LogP contribution is 2.16. The van der Waals surface area contributed by atoms with Crippen LogP contribution in [0.3, 0.4) is 0 Å². The van der Waals surface area contributed by atoms with Crippen LogP contribution >= 0.6 is 0 Å². The average molecular weight is 340 g/mol. The Morgan fingerprint density at radius 3 is 2.20 bits per heavy atom. The zero-order valence-electron chi connectivity index (χ0n) is 15.3. The molecule has 3 nitrogen and oxygen atoms in total. The summed E-state index contributed by atoms with van der Waals surface area (Å²) in [4.78, 5) is 12.0. The highest BCUT2D eigenvalue weighted by molar-refractivity contribution is 5.77. The van der Waals surface area contributed by atoms with Crippen LogP contribution in [0.15, 0.2) is 60.9 Å². The van der Waals surface area contributed by atoms with E-state index in [4.69, 9.17) is 4.74 Å². The molecule has 134 valence electrons. The van der Waals surface area contributed by atoms with Crippen LogP contribution in [0.2, 0.25) is 0 Å². The molecule has 0 aliphatic heterocycles. The van der Waals surface area contributed by atoms with Gasteiger partial charge in [-0.2, -0.15) is 0 Å². The van der Waals surface area contributed by atoms with Crippen LogP contribution in [-0.4, -0.2) is 12.6 Å². The number of unbranched alkanes of at least 4 members (excludes halogenated alkanes) is 5. The first-order chi connectivity index (χ1) is 12.3. The number of aromatic nitrogens is 1. The quantitative estimate of drug-likeness (QED) is 0.338. The SMILES string of the molecule is CC(C(=O)OCCCCCCCC[n+]1ccccc1)c1ccccc1. The Balaban J connectivity index is 1.46. The third-order valence-electron chi connectivity index (χ3n) is 4.49. The van der Waals surface area contributed by atoms with E-state index in [2.05, 4.69) is 29.1 Å². The molecule has 1 heterocycles. The van der Waals surface area contributed by atoms with E-state index in [1.54, 1.807) is 0 Å². The summed E-state index contributed by atoms with van der Waals surface area (Å²) >= 11 is 0. The lowest BCUT2D eigenvalue weighted by atomic mass is 10.0. The Kier molecular flexibility index (Phi) is 8.74. The number of carbonyl (C=O) groups excluding carboxylic acids is 1. The van der Waals surface area contributed by atoms with E-state index in [-0.39, 0.29) is 11.9 Å². The summed E-state index contributed by atoms with van der Waals surface area (Å²) in [7, 11) is 0. The van der Waals surface area contributed by atoms with Crippen molar-refractivity contribution in [1.82, 2.24) is 0 Å². The van der Waals surface area contributed by atoms with Gasteiger partial charge in [0.1, 0.15) is 6.54 Å². The number of ether oxygens (including phenoxy) is 1. The van der Waals surface area contributed by atoms with Crippen molar-refractivity contribution >= 4 is 5.97 Å². The van der Waals surface area contributed by atoms with Crippen LogP contribution in [0.1, 0.15) is 56.9 Å². The number of pyridine rings is 1. The van der Waals surface area contributed by atoms with Crippen molar-refractivity contribution in [1.29, 1.82) is 0 Å². The maximum atomic E-state index is 12.0. The van der Waals surface area contributed by atoms with Crippen LogP contribution in [-0.2, 0) is 16.1 Å². The molecule has 0 saturated carbocycles.